The Morgan fingerprint density at radius 3 is 2.39 bits per heavy atom. The predicted octanol–water partition coefficient (Wildman–Crippen LogP) is 2.99. The summed E-state index contributed by atoms with van der Waals surface area (Å²) in [6, 6.07) is 18.6. The third kappa shape index (κ3) is 4.85. The van der Waals surface area contributed by atoms with Gasteiger partial charge in [-0.3, -0.25) is 19.0 Å². The molecule has 2 amide bonds. The van der Waals surface area contributed by atoms with Gasteiger partial charge in [0.1, 0.15) is 6.54 Å². The lowest BCUT2D eigenvalue weighted by molar-refractivity contribution is -0.121. The molecule has 2 aromatic carbocycles. The van der Waals surface area contributed by atoms with Crippen LogP contribution in [0, 0.1) is 0 Å². The van der Waals surface area contributed by atoms with Crippen LogP contribution >= 0.6 is 0 Å². The summed E-state index contributed by atoms with van der Waals surface area (Å²) in [7, 11) is 0. The van der Waals surface area contributed by atoms with E-state index >= 15 is 0 Å². The largest absolute Gasteiger partial charge is 0.354 e. The highest BCUT2D eigenvalue weighted by Gasteiger charge is 2.22. The van der Waals surface area contributed by atoms with Crippen LogP contribution in [0.25, 0.3) is 10.9 Å². The predicted molar refractivity (Wildman–Crippen MR) is 121 cm³/mol. The third-order valence-electron chi connectivity index (χ3n) is 5.77. The zero-order valence-corrected chi connectivity index (χ0v) is 17.5. The molecule has 1 aliphatic heterocycles. The lowest BCUT2D eigenvalue weighted by atomic mass is 10.0. The van der Waals surface area contributed by atoms with Crippen LogP contribution in [0.2, 0.25) is 0 Å². The fourth-order valence-corrected chi connectivity index (χ4v) is 4.13. The molecule has 160 valence electrons. The van der Waals surface area contributed by atoms with Crippen molar-refractivity contribution in [3.05, 3.63) is 82.1 Å². The maximum absolute atomic E-state index is 13.1. The number of hydrogen-bond donors (Lipinski definition) is 1. The second-order valence-electron chi connectivity index (χ2n) is 7.94. The lowest BCUT2D eigenvalue weighted by Crippen LogP contribution is -2.37. The van der Waals surface area contributed by atoms with Gasteiger partial charge >= 0.3 is 0 Å². The molecule has 0 radical (unpaired) electrons. The molecule has 1 fully saturated rings. The minimum atomic E-state index is -0.336. The quantitative estimate of drug-likeness (QED) is 0.670. The first-order chi connectivity index (χ1) is 15.1. The van der Waals surface area contributed by atoms with Crippen molar-refractivity contribution in [2.75, 3.05) is 19.6 Å². The van der Waals surface area contributed by atoms with E-state index < -0.39 is 0 Å². The van der Waals surface area contributed by atoms with Gasteiger partial charge in [0.2, 0.25) is 5.91 Å². The number of fused-ring (bicyclic) bond motifs is 1. The van der Waals surface area contributed by atoms with Crippen molar-refractivity contribution >= 4 is 22.7 Å². The maximum Gasteiger partial charge on any atom is 0.254 e. The van der Waals surface area contributed by atoms with Crippen molar-refractivity contribution in [1.82, 2.24) is 14.8 Å². The van der Waals surface area contributed by atoms with Crippen molar-refractivity contribution in [3.8, 4) is 0 Å². The van der Waals surface area contributed by atoms with Gasteiger partial charge < -0.3 is 10.2 Å². The number of nitrogens with one attached hydrogen (secondary N) is 1. The first-order valence-corrected chi connectivity index (χ1v) is 10.9. The van der Waals surface area contributed by atoms with Crippen LogP contribution in [0.15, 0.2) is 65.5 Å². The molecule has 4 rings (SSSR count). The molecule has 0 atom stereocenters. The van der Waals surface area contributed by atoms with Crippen LogP contribution in [0.1, 0.15) is 35.2 Å². The van der Waals surface area contributed by atoms with Gasteiger partial charge in [-0.15, -0.1) is 0 Å². The van der Waals surface area contributed by atoms with Gasteiger partial charge in [-0.25, -0.2) is 0 Å². The molecule has 0 spiro atoms. The molecule has 1 aliphatic rings. The smallest absolute Gasteiger partial charge is 0.254 e. The summed E-state index contributed by atoms with van der Waals surface area (Å²) in [5.41, 5.74) is 1.83. The number of aromatic nitrogens is 1. The average Bonchev–Trinajstić information content (AvgIpc) is 2.81. The number of piperidine rings is 1. The Balaban J connectivity index is 1.53. The van der Waals surface area contributed by atoms with Gasteiger partial charge in [-0.05, 0) is 37.3 Å². The summed E-state index contributed by atoms with van der Waals surface area (Å²) in [6.07, 6.45) is 3.84. The fourth-order valence-electron chi connectivity index (χ4n) is 4.13. The van der Waals surface area contributed by atoms with Crippen molar-refractivity contribution in [2.45, 2.75) is 32.2 Å². The zero-order valence-electron chi connectivity index (χ0n) is 17.5. The van der Waals surface area contributed by atoms with E-state index in [1.165, 1.54) is 10.6 Å². The van der Waals surface area contributed by atoms with Gasteiger partial charge in [0, 0.05) is 31.1 Å². The minimum absolute atomic E-state index is 0.0771. The van der Waals surface area contributed by atoms with E-state index in [-0.39, 0.29) is 23.9 Å². The molecule has 1 aromatic heterocycles. The van der Waals surface area contributed by atoms with Crippen LogP contribution in [0.5, 0.6) is 0 Å². The molecule has 6 nitrogen and oxygen atoms in total. The van der Waals surface area contributed by atoms with E-state index in [2.05, 4.69) is 5.32 Å². The van der Waals surface area contributed by atoms with Gasteiger partial charge in [-0.1, -0.05) is 48.5 Å². The standard InChI is InChI=1S/C25H27N3O3/c29-23(26-14-13-19-9-3-1-4-10-19)18-28-22-12-6-5-11-20(22)21(17-24(28)30)25(31)27-15-7-2-8-16-27/h1,3-6,9-12,17H,2,7-8,13-16,18H2,(H,26,29). The fraction of sp³-hybridized carbons (Fsp3) is 0.320. The van der Waals surface area contributed by atoms with Gasteiger partial charge in [0.05, 0.1) is 11.1 Å². The molecule has 0 bridgehead atoms. The number of benzene rings is 2. The number of likely N-dealkylation sites (tertiary alicyclic amines) is 1. The first-order valence-electron chi connectivity index (χ1n) is 10.9. The van der Waals surface area contributed by atoms with Gasteiger partial charge in [0.15, 0.2) is 0 Å². The van der Waals surface area contributed by atoms with E-state index in [9.17, 15) is 14.4 Å². The normalized spacial score (nSPS) is 13.9. The second kappa shape index (κ2) is 9.60. The Hall–Kier alpha value is -3.41. The van der Waals surface area contributed by atoms with Crippen molar-refractivity contribution in [3.63, 3.8) is 0 Å². The van der Waals surface area contributed by atoms with Crippen LogP contribution in [0.3, 0.4) is 0 Å². The number of carbonyl (C=O) groups excluding carboxylic acids is 2. The summed E-state index contributed by atoms with van der Waals surface area (Å²) in [5.74, 6) is -0.328. The van der Waals surface area contributed by atoms with Crippen LogP contribution < -0.4 is 10.9 Å². The molecule has 0 saturated carbocycles. The summed E-state index contributed by atoms with van der Waals surface area (Å²) < 4.78 is 1.44. The topological polar surface area (TPSA) is 71.4 Å². The van der Waals surface area contributed by atoms with Crippen LogP contribution in [-0.2, 0) is 17.8 Å². The Morgan fingerprint density at radius 2 is 1.61 bits per heavy atom. The van der Waals surface area contributed by atoms with Crippen LogP contribution in [-0.4, -0.2) is 40.9 Å². The number of rotatable bonds is 6. The van der Waals surface area contributed by atoms with Crippen LogP contribution in [0.4, 0.5) is 0 Å². The first kappa shape index (κ1) is 20.8. The molecule has 2 heterocycles. The van der Waals surface area contributed by atoms with Gasteiger partial charge in [-0.2, -0.15) is 0 Å². The molecule has 1 N–H and O–H groups in total. The van der Waals surface area contributed by atoms with E-state index in [4.69, 9.17) is 0 Å². The highest BCUT2D eigenvalue weighted by molar-refractivity contribution is 6.06. The molecule has 1 saturated heterocycles. The molecule has 3 aromatic rings. The maximum atomic E-state index is 13.1. The summed E-state index contributed by atoms with van der Waals surface area (Å²) in [4.78, 5) is 40.3. The average molecular weight is 418 g/mol. The summed E-state index contributed by atoms with van der Waals surface area (Å²) in [5, 5.41) is 3.59. The molecule has 31 heavy (non-hydrogen) atoms. The second-order valence-corrected chi connectivity index (χ2v) is 7.94. The lowest BCUT2D eigenvalue weighted by Gasteiger charge is -2.27. The Morgan fingerprint density at radius 1 is 0.903 bits per heavy atom. The highest BCUT2D eigenvalue weighted by Crippen LogP contribution is 2.20. The highest BCUT2D eigenvalue weighted by atomic mass is 16.2. The Kier molecular flexibility index (Phi) is 6.46. The molecule has 6 heteroatoms. The number of nitrogens with zero attached hydrogens (tertiary/aromatic N) is 2. The number of carbonyl (C=O) groups is 2. The van der Waals surface area contributed by atoms with Crippen molar-refractivity contribution in [1.29, 1.82) is 0 Å². The molecular formula is C25H27N3O3. The summed E-state index contributed by atoms with van der Waals surface area (Å²) in [6.45, 7) is 1.87. The minimum Gasteiger partial charge on any atom is -0.354 e. The van der Waals surface area contributed by atoms with E-state index in [1.807, 2.05) is 53.4 Å². The number of amides is 2. The Bertz CT molecular complexity index is 1130. The third-order valence-corrected chi connectivity index (χ3v) is 5.77. The van der Waals surface area contributed by atoms with E-state index in [0.29, 0.717) is 23.0 Å². The van der Waals surface area contributed by atoms with Crippen molar-refractivity contribution < 1.29 is 9.59 Å². The molecule has 0 unspecified atom stereocenters. The zero-order chi connectivity index (χ0) is 21.6. The molecular weight excluding hydrogens is 390 g/mol. The van der Waals surface area contributed by atoms with E-state index in [0.717, 1.165) is 44.3 Å². The Labute approximate surface area is 181 Å². The molecule has 0 aliphatic carbocycles. The van der Waals surface area contributed by atoms with Gasteiger partial charge in [0.25, 0.3) is 11.5 Å². The van der Waals surface area contributed by atoms with E-state index in [1.54, 1.807) is 6.07 Å². The SMILES string of the molecule is O=C(Cn1c(=O)cc(C(=O)N2CCCCC2)c2ccccc21)NCCc1ccccc1. The monoisotopic (exact) mass is 417 g/mol. The summed E-state index contributed by atoms with van der Waals surface area (Å²) >= 11 is 0. The number of hydrogen-bond acceptors (Lipinski definition) is 3. The number of pyridine rings is 1. The number of para-hydroxylation sites is 1. The van der Waals surface area contributed by atoms with Crippen molar-refractivity contribution in [2.24, 2.45) is 0 Å².